The number of alkyl halides is 3. The predicted octanol–water partition coefficient (Wildman–Crippen LogP) is 5.41. The van der Waals surface area contributed by atoms with Gasteiger partial charge in [0, 0.05) is 5.56 Å². The minimum absolute atomic E-state index is 0.00520. The lowest BCUT2D eigenvalue weighted by Crippen LogP contribution is -2.09. The van der Waals surface area contributed by atoms with Gasteiger partial charge < -0.3 is 15.9 Å². The molecular weight excluding hydrogens is 394 g/mol. The van der Waals surface area contributed by atoms with Crippen molar-refractivity contribution >= 4 is 27.5 Å². The minimum Gasteiger partial charge on any atom is -0.508 e. The van der Waals surface area contributed by atoms with Crippen molar-refractivity contribution in [3.05, 3.63) is 75.4 Å². The van der Waals surface area contributed by atoms with Crippen molar-refractivity contribution in [1.29, 1.82) is 0 Å². The predicted molar refractivity (Wildman–Crippen MR) is 99.5 cm³/mol. The topological polar surface area (TPSA) is 66.5 Å². The van der Waals surface area contributed by atoms with E-state index in [1.165, 1.54) is 23.5 Å². The summed E-state index contributed by atoms with van der Waals surface area (Å²) in [6.45, 7) is 0. The minimum atomic E-state index is -4.66. The van der Waals surface area contributed by atoms with Gasteiger partial charge in [-0.25, -0.2) is 4.39 Å². The third-order valence-corrected chi connectivity index (χ3v) is 5.47. The standard InChI is InChI=1S/C20H13F4NO2S/c21-16-5-9(1-2-17(16)27)12-8-13-14(18(12)11-3-4-28-19(11)25)6-10(26)7-15(13)20(22,23)24/h1-7,26-27H,8,25H2. The van der Waals surface area contributed by atoms with Gasteiger partial charge in [0.05, 0.1) is 10.6 Å². The van der Waals surface area contributed by atoms with Crippen molar-refractivity contribution in [2.75, 3.05) is 5.73 Å². The summed E-state index contributed by atoms with van der Waals surface area (Å²) in [5.74, 6) is -1.95. The number of rotatable bonds is 2. The molecule has 1 aliphatic rings. The molecule has 0 spiro atoms. The molecule has 0 unspecified atom stereocenters. The normalized spacial score (nSPS) is 13.9. The van der Waals surface area contributed by atoms with E-state index >= 15 is 0 Å². The van der Waals surface area contributed by atoms with E-state index in [-0.39, 0.29) is 17.5 Å². The molecule has 0 radical (unpaired) electrons. The number of allylic oxidation sites excluding steroid dienone is 1. The van der Waals surface area contributed by atoms with Crippen LogP contribution in [-0.4, -0.2) is 10.2 Å². The molecule has 0 aliphatic heterocycles. The SMILES string of the molecule is Nc1sccc1C1=C(c2ccc(O)c(F)c2)Cc2c1cc(O)cc2C(F)(F)F. The maximum Gasteiger partial charge on any atom is 0.416 e. The van der Waals surface area contributed by atoms with Crippen LogP contribution in [0.25, 0.3) is 11.1 Å². The van der Waals surface area contributed by atoms with E-state index in [0.717, 1.165) is 12.1 Å². The molecule has 0 atom stereocenters. The van der Waals surface area contributed by atoms with Gasteiger partial charge in [0.1, 0.15) is 5.75 Å². The molecule has 28 heavy (non-hydrogen) atoms. The number of hydrogen-bond donors (Lipinski definition) is 3. The Morgan fingerprint density at radius 1 is 1.00 bits per heavy atom. The van der Waals surface area contributed by atoms with Crippen LogP contribution in [0.1, 0.15) is 27.8 Å². The number of phenols is 2. The molecule has 8 heteroatoms. The smallest absolute Gasteiger partial charge is 0.416 e. The Balaban J connectivity index is 2.03. The highest BCUT2D eigenvalue weighted by molar-refractivity contribution is 7.14. The number of phenolic OH excluding ortho intramolecular Hbond substituents is 2. The quantitative estimate of drug-likeness (QED) is 0.498. The third-order valence-electron chi connectivity index (χ3n) is 4.73. The Hall–Kier alpha value is -3.00. The fourth-order valence-electron chi connectivity index (χ4n) is 3.53. The molecule has 3 nitrogen and oxygen atoms in total. The zero-order chi connectivity index (χ0) is 20.2. The zero-order valence-corrected chi connectivity index (χ0v) is 15.0. The lowest BCUT2D eigenvalue weighted by Gasteiger charge is -2.14. The Kier molecular flexibility index (Phi) is 4.11. The number of benzene rings is 2. The van der Waals surface area contributed by atoms with Crippen LogP contribution in [0.2, 0.25) is 0 Å². The van der Waals surface area contributed by atoms with Crippen molar-refractivity contribution in [2.45, 2.75) is 12.6 Å². The molecule has 1 aliphatic carbocycles. The van der Waals surface area contributed by atoms with Gasteiger partial charge in [0.15, 0.2) is 11.6 Å². The first-order chi connectivity index (χ1) is 13.2. The fourth-order valence-corrected chi connectivity index (χ4v) is 4.17. The highest BCUT2D eigenvalue weighted by Gasteiger charge is 2.38. The molecule has 0 saturated heterocycles. The second-order valence-electron chi connectivity index (χ2n) is 6.41. The van der Waals surface area contributed by atoms with Gasteiger partial charge in [-0.2, -0.15) is 13.2 Å². The average molecular weight is 407 g/mol. The van der Waals surface area contributed by atoms with Crippen LogP contribution >= 0.6 is 11.3 Å². The van der Waals surface area contributed by atoms with Crippen LogP contribution in [-0.2, 0) is 12.6 Å². The zero-order valence-electron chi connectivity index (χ0n) is 14.1. The number of thiophene rings is 1. The van der Waals surface area contributed by atoms with Gasteiger partial charge in [-0.3, -0.25) is 0 Å². The summed E-state index contributed by atoms with van der Waals surface area (Å²) in [7, 11) is 0. The molecule has 1 heterocycles. The summed E-state index contributed by atoms with van der Waals surface area (Å²) in [5, 5.41) is 21.5. The highest BCUT2D eigenvalue weighted by Crippen LogP contribution is 2.49. The molecule has 144 valence electrons. The number of fused-ring (bicyclic) bond motifs is 1. The van der Waals surface area contributed by atoms with Crippen molar-refractivity contribution in [2.24, 2.45) is 0 Å². The van der Waals surface area contributed by atoms with E-state index in [2.05, 4.69) is 0 Å². The van der Waals surface area contributed by atoms with Gasteiger partial charge in [0.25, 0.3) is 0 Å². The molecule has 4 rings (SSSR count). The van der Waals surface area contributed by atoms with E-state index < -0.39 is 29.1 Å². The first kappa shape index (κ1) is 18.4. The fraction of sp³-hybridized carbons (Fsp3) is 0.100. The molecule has 0 bridgehead atoms. The Labute approximate surface area is 161 Å². The van der Waals surface area contributed by atoms with Crippen LogP contribution < -0.4 is 5.73 Å². The van der Waals surface area contributed by atoms with Gasteiger partial charge in [0.2, 0.25) is 0 Å². The number of nitrogen functional groups attached to an aromatic ring is 1. The molecule has 0 fully saturated rings. The largest absolute Gasteiger partial charge is 0.508 e. The summed E-state index contributed by atoms with van der Waals surface area (Å²) < 4.78 is 54.6. The molecule has 0 saturated carbocycles. The van der Waals surface area contributed by atoms with E-state index in [0.29, 0.717) is 33.3 Å². The van der Waals surface area contributed by atoms with E-state index in [1.54, 1.807) is 11.4 Å². The summed E-state index contributed by atoms with van der Waals surface area (Å²) in [6.07, 6.45) is -4.77. The molecular formula is C20H13F4NO2S. The second-order valence-corrected chi connectivity index (χ2v) is 7.36. The summed E-state index contributed by atoms with van der Waals surface area (Å²) in [4.78, 5) is 0. The van der Waals surface area contributed by atoms with Crippen LogP contribution in [0.15, 0.2) is 41.8 Å². The maximum atomic E-state index is 13.9. The van der Waals surface area contributed by atoms with Crippen LogP contribution in [0.4, 0.5) is 22.6 Å². The third kappa shape index (κ3) is 2.90. The van der Waals surface area contributed by atoms with Gasteiger partial charge in [-0.05, 0) is 70.0 Å². The molecule has 2 aromatic carbocycles. The number of hydrogen-bond acceptors (Lipinski definition) is 4. The summed E-state index contributed by atoms with van der Waals surface area (Å²) in [5.41, 5.74) is 6.99. The van der Waals surface area contributed by atoms with E-state index in [1.807, 2.05) is 0 Å². The molecule has 1 aromatic heterocycles. The summed E-state index contributed by atoms with van der Waals surface area (Å²) in [6, 6.07) is 7.30. The lowest BCUT2D eigenvalue weighted by molar-refractivity contribution is -0.138. The van der Waals surface area contributed by atoms with Crippen LogP contribution in [0.5, 0.6) is 11.5 Å². The second kappa shape index (κ2) is 6.27. The van der Waals surface area contributed by atoms with Crippen molar-refractivity contribution < 1.29 is 27.8 Å². The number of aromatic hydroxyl groups is 2. The van der Waals surface area contributed by atoms with Crippen LogP contribution in [0, 0.1) is 5.82 Å². The van der Waals surface area contributed by atoms with Gasteiger partial charge >= 0.3 is 6.18 Å². The number of halogens is 4. The van der Waals surface area contributed by atoms with E-state index in [4.69, 9.17) is 5.73 Å². The van der Waals surface area contributed by atoms with Gasteiger partial charge in [-0.15, -0.1) is 11.3 Å². The molecule has 0 amide bonds. The van der Waals surface area contributed by atoms with Crippen molar-refractivity contribution in [3.8, 4) is 11.5 Å². The van der Waals surface area contributed by atoms with E-state index in [9.17, 15) is 27.8 Å². The Morgan fingerprint density at radius 3 is 2.36 bits per heavy atom. The van der Waals surface area contributed by atoms with Crippen molar-refractivity contribution in [3.63, 3.8) is 0 Å². The first-order valence-electron chi connectivity index (χ1n) is 8.15. The van der Waals surface area contributed by atoms with Crippen molar-refractivity contribution in [1.82, 2.24) is 0 Å². The maximum absolute atomic E-state index is 13.9. The molecule has 4 N–H and O–H groups in total. The first-order valence-corrected chi connectivity index (χ1v) is 9.03. The highest BCUT2D eigenvalue weighted by atomic mass is 32.1. The monoisotopic (exact) mass is 407 g/mol. The number of nitrogens with two attached hydrogens (primary N) is 1. The average Bonchev–Trinajstić information content (AvgIpc) is 3.18. The van der Waals surface area contributed by atoms with Gasteiger partial charge in [-0.1, -0.05) is 6.07 Å². The lowest BCUT2D eigenvalue weighted by atomic mass is 9.95. The summed E-state index contributed by atoms with van der Waals surface area (Å²) >= 11 is 1.23. The molecule has 3 aromatic rings. The van der Waals surface area contributed by atoms with Crippen LogP contribution in [0.3, 0.4) is 0 Å². The Bertz CT molecular complexity index is 1130. The number of anilines is 1. The Morgan fingerprint density at radius 2 is 1.75 bits per heavy atom.